The third kappa shape index (κ3) is 2.67. The van der Waals surface area contributed by atoms with Gasteiger partial charge in [0.1, 0.15) is 0 Å². The van der Waals surface area contributed by atoms with E-state index < -0.39 is 5.54 Å². The molecule has 114 valence electrons. The molecule has 3 rings (SSSR count). The van der Waals surface area contributed by atoms with Gasteiger partial charge in [-0.05, 0) is 44.4 Å². The lowest BCUT2D eigenvalue weighted by atomic mass is 9.69. The normalized spacial score (nSPS) is 40.9. The van der Waals surface area contributed by atoms with Gasteiger partial charge in [0.25, 0.3) is 0 Å². The maximum atomic E-state index is 13.0. The van der Waals surface area contributed by atoms with Crippen molar-refractivity contribution in [3.8, 4) is 0 Å². The number of hydrogen-bond donors (Lipinski definition) is 1. The van der Waals surface area contributed by atoms with Crippen LogP contribution < -0.4 is 5.73 Å². The molecular formula is C17H29NO2. The molecule has 0 aromatic heterocycles. The highest BCUT2D eigenvalue weighted by molar-refractivity contribution is 5.90. The standard InChI is InChI=1S/C17H29NO2/c1-13-5-4-9-17(18,11-13)15(19)14-6-10-20-16(12-14)7-2-3-8-16/h13-14H,2-12,18H2,1H3. The van der Waals surface area contributed by atoms with Gasteiger partial charge < -0.3 is 10.5 Å². The van der Waals surface area contributed by atoms with Gasteiger partial charge in [0.15, 0.2) is 5.78 Å². The van der Waals surface area contributed by atoms with E-state index >= 15 is 0 Å². The fraction of sp³-hybridized carbons (Fsp3) is 0.941. The van der Waals surface area contributed by atoms with Crippen molar-refractivity contribution < 1.29 is 9.53 Å². The number of hydrogen-bond acceptors (Lipinski definition) is 3. The first kappa shape index (κ1) is 14.5. The monoisotopic (exact) mass is 279 g/mol. The van der Waals surface area contributed by atoms with Crippen LogP contribution in [0.1, 0.15) is 71.1 Å². The molecule has 2 N–H and O–H groups in total. The molecule has 3 unspecified atom stereocenters. The Kier molecular flexibility index (Phi) is 3.93. The number of ether oxygens (including phenoxy) is 1. The highest BCUT2D eigenvalue weighted by atomic mass is 16.5. The van der Waals surface area contributed by atoms with Crippen LogP contribution in [0.25, 0.3) is 0 Å². The second kappa shape index (κ2) is 5.42. The Labute approximate surface area is 122 Å². The van der Waals surface area contributed by atoms with E-state index in [0.29, 0.717) is 11.7 Å². The molecule has 3 atom stereocenters. The molecule has 1 spiro atoms. The third-order valence-corrected chi connectivity index (χ3v) is 5.90. The number of carbonyl (C=O) groups is 1. The Morgan fingerprint density at radius 2 is 1.85 bits per heavy atom. The fourth-order valence-electron chi connectivity index (χ4n) is 4.84. The summed E-state index contributed by atoms with van der Waals surface area (Å²) in [6, 6.07) is 0. The summed E-state index contributed by atoms with van der Waals surface area (Å²) in [5, 5.41) is 0. The van der Waals surface area contributed by atoms with E-state index in [0.717, 1.165) is 51.6 Å². The van der Waals surface area contributed by atoms with Gasteiger partial charge in [-0.1, -0.05) is 32.6 Å². The van der Waals surface area contributed by atoms with Gasteiger partial charge in [-0.2, -0.15) is 0 Å². The largest absolute Gasteiger partial charge is 0.375 e. The highest BCUT2D eigenvalue weighted by Crippen LogP contribution is 2.44. The van der Waals surface area contributed by atoms with E-state index in [-0.39, 0.29) is 11.5 Å². The topological polar surface area (TPSA) is 52.3 Å². The zero-order valence-corrected chi connectivity index (χ0v) is 12.8. The van der Waals surface area contributed by atoms with Crippen LogP contribution >= 0.6 is 0 Å². The van der Waals surface area contributed by atoms with Crippen molar-refractivity contribution in [2.75, 3.05) is 6.61 Å². The molecule has 0 aromatic rings. The van der Waals surface area contributed by atoms with Crippen LogP contribution in [0.15, 0.2) is 0 Å². The van der Waals surface area contributed by atoms with Crippen LogP contribution in [-0.2, 0) is 9.53 Å². The molecule has 20 heavy (non-hydrogen) atoms. The number of Topliss-reactive ketones (excluding diaryl/α,β-unsaturated/α-hetero) is 1. The zero-order chi connectivity index (χ0) is 14.2. The predicted octanol–water partition coefficient (Wildman–Crippen LogP) is 3.20. The van der Waals surface area contributed by atoms with Crippen molar-refractivity contribution in [3.05, 3.63) is 0 Å². The average molecular weight is 279 g/mol. The molecule has 2 saturated carbocycles. The fourth-order valence-corrected chi connectivity index (χ4v) is 4.84. The van der Waals surface area contributed by atoms with E-state index in [4.69, 9.17) is 10.5 Å². The SMILES string of the molecule is CC1CCCC(N)(C(=O)C2CCOC3(CCCC3)C2)C1. The lowest BCUT2D eigenvalue weighted by molar-refractivity contribution is -0.142. The van der Waals surface area contributed by atoms with Crippen molar-refractivity contribution in [2.24, 2.45) is 17.6 Å². The molecule has 3 nitrogen and oxygen atoms in total. The summed E-state index contributed by atoms with van der Waals surface area (Å²) in [4.78, 5) is 13.0. The second-order valence-electron chi connectivity index (χ2n) is 7.65. The molecule has 1 heterocycles. The molecular weight excluding hydrogens is 250 g/mol. The summed E-state index contributed by atoms with van der Waals surface area (Å²) in [7, 11) is 0. The Morgan fingerprint density at radius 1 is 1.10 bits per heavy atom. The first-order valence-electron chi connectivity index (χ1n) is 8.50. The Morgan fingerprint density at radius 3 is 2.55 bits per heavy atom. The van der Waals surface area contributed by atoms with Gasteiger partial charge in [-0.15, -0.1) is 0 Å². The van der Waals surface area contributed by atoms with E-state index in [1.807, 2.05) is 0 Å². The Hall–Kier alpha value is -0.410. The molecule has 1 aliphatic heterocycles. The van der Waals surface area contributed by atoms with E-state index in [1.165, 1.54) is 19.3 Å². The van der Waals surface area contributed by atoms with Gasteiger partial charge in [0.05, 0.1) is 11.1 Å². The maximum absolute atomic E-state index is 13.0. The van der Waals surface area contributed by atoms with Gasteiger partial charge in [0.2, 0.25) is 0 Å². The highest BCUT2D eigenvalue weighted by Gasteiger charge is 2.47. The average Bonchev–Trinajstić information content (AvgIpc) is 2.85. The van der Waals surface area contributed by atoms with Crippen LogP contribution in [0.4, 0.5) is 0 Å². The Bertz CT molecular complexity index is 375. The molecule has 0 aromatic carbocycles. The van der Waals surface area contributed by atoms with Crippen LogP contribution in [-0.4, -0.2) is 23.5 Å². The van der Waals surface area contributed by atoms with Crippen molar-refractivity contribution in [2.45, 2.75) is 82.3 Å². The summed E-state index contributed by atoms with van der Waals surface area (Å²) in [5.74, 6) is 1.09. The van der Waals surface area contributed by atoms with Gasteiger partial charge >= 0.3 is 0 Å². The maximum Gasteiger partial charge on any atom is 0.155 e. The summed E-state index contributed by atoms with van der Waals surface area (Å²) in [6.07, 6.45) is 10.7. The predicted molar refractivity (Wildman–Crippen MR) is 79.4 cm³/mol. The molecule has 1 saturated heterocycles. The van der Waals surface area contributed by atoms with Crippen molar-refractivity contribution in [3.63, 3.8) is 0 Å². The second-order valence-corrected chi connectivity index (χ2v) is 7.65. The number of ketones is 1. The molecule has 0 amide bonds. The number of nitrogens with two attached hydrogens (primary N) is 1. The molecule has 3 fully saturated rings. The van der Waals surface area contributed by atoms with E-state index in [1.54, 1.807) is 0 Å². The summed E-state index contributed by atoms with van der Waals surface area (Å²) in [6.45, 7) is 2.98. The third-order valence-electron chi connectivity index (χ3n) is 5.90. The smallest absolute Gasteiger partial charge is 0.155 e. The minimum atomic E-state index is -0.542. The molecule has 0 radical (unpaired) electrons. The summed E-state index contributed by atoms with van der Waals surface area (Å²) >= 11 is 0. The Balaban J connectivity index is 1.70. The van der Waals surface area contributed by atoms with E-state index in [2.05, 4.69) is 6.92 Å². The summed E-state index contributed by atoms with van der Waals surface area (Å²) < 4.78 is 6.06. The van der Waals surface area contributed by atoms with Crippen LogP contribution in [0.5, 0.6) is 0 Å². The number of rotatable bonds is 2. The molecule has 0 bridgehead atoms. The lowest BCUT2D eigenvalue weighted by Crippen LogP contribution is -2.55. The first-order valence-corrected chi connectivity index (χ1v) is 8.50. The van der Waals surface area contributed by atoms with Gasteiger partial charge in [0, 0.05) is 12.5 Å². The van der Waals surface area contributed by atoms with Gasteiger partial charge in [-0.25, -0.2) is 0 Å². The van der Waals surface area contributed by atoms with Crippen LogP contribution in [0, 0.1) is 11.8 Å². The van der Waals surface area contributed by atoms with E-state index in [9.17, 15) is 4.79 Å². The number of carbonyl (C=O) groups excluding carboxylic acids is 1. The first-order chi connectivity index (χ1) is 9.53. The molecule has 2 aliphatic carbocycles. The zero-order valence-electron chi connectivity index (χ0n) is 12.8. The van der Waals surface area contributed by atoms with Crippen LogP contribution in [0.3, 0.4) is 0 Å². The van der Waals surface area contributed by atoms with Gasteiger partial charge in [-0.3, -0.25) is 4.79 Å². The summed E-state index contributed by atoms with van der Waals surface area (Å²) in [5.41, 5.74) is 6.00. The van der Waals surface area contributed by atoms with Crippen LogP contribution in [0.2, 0.25) is 0 Å². The lowest BCUT2D eigenvalue weighted by Gasteiger charge is -2.42. The molecule has 3 aliphatic rings. The minimum Gasteiger partial charge on any atom is -0.375 e. The van der Waals surface area contributed by atoms with Crippen molar-refractivity contribution in [1.82, 2.24) is 0 Å². The minimum absolute atomic E-state index is 0.0230. The molecule has 3 heteroatoms. The quantitative estimate of drug-likeness (QED) is 0.844. The van der Waals surface area contributed by atoms with Crippen molar-refractivity contribution in [1.29, 1.82) is 0 Å². The van der Waals surface area contributed by atoms with Crippen molar-refractivity contribution >= 4 is 5.78 Å².